The molecule has 0 aliphatic rings. The standard InChI is InChI=1S/C16H12ClN3O4/c1-19-13-7-18-12(15(22)23)6-11(13)14(21)20(16(19)24)8-9-2-4-10(17)5-3-9/h2-7H,8H2,1H3,(H,22,23). The summed E-state index contributed by atoms with van der Waals surface area (Å²) in [6.45, 7) is 0.0589. The van der Waals surface area contributed by atoms with Crippen LogP contribution in [0.15, 0.2) is 46.1 Å². The van der Waals surface area contributed by atoms with Crippen molar-refractivity contribution in [1.29, 1.82) is 0 Å². The SMILES string of the molecule is Cn1c(=O)n(Cc2ccc(Cl)cc2)c(=O)c2cc(C(=O)O)ncc21. The molecule has 2 aromatic heterocycles. The molecule has 122 valence electrons. The van der Waals surface area contributed by atoms with Gasteiger partial charge < -0.3 is 5.11 Å². The van der Waals surface area contributed by atoms with E-state index in [0.717, 1.165) is 10.1 Å². The van der Waals surface area contributed by atoms with Crippen LogP contribution in [0.5, 0.6) is 0 Å². The van der Waals surface area contributed by atoms with Gasteiger partial charge in [0.25, 0.3) is 5.56 Å². The van der Waals surface area contributed by atoms with E-state index in [1.54, 1.807) is 24.3 Å². The third-order valence-electron chi connectivity index (χ3n) is 3.71. The second kappa shape index (κ2) is 5.93. The van der Waals surface area contributed by atoms with Crippen LogP contribution in [-0.2, 0) is 13.6 Å². The minimum atomic E-state index is -1.24. The quantitative estimate of drug-likeness (QED) is 0.776. The van der Waals surface area contributed by atoms with Gasteiger partial charge in [0.15, 0.2) is 0 Å². The average molecular weight is 346 g/mol. The molecule has 0 amide bonds. The van der Waals surface area contributed by atoms with E-state index in [1.807, 2.05) is 0 Å². The minimum absolute atomic E-state index is 0.0589. The number of halogens is 1. The van der Waals surface area contributed by atoms with E-state index in [2.05, 4.69) is 4.98 Å². The molecule has 3 rings (SSSR count). The summed E-state index contributed by atoms with van der Waals surface area (Å²) in [7, 11) is 1.50. The Morgan fingerprint density at radius 3 is 2.54 bits per heavy atom. The third kappa shape index (κ3) is 2.69. The van der Waals surface area contributed by atoms with Crippen LogP contribution in [0.1, 0.15) is 16.1 Å². The Balaban J connectivity index is 2.24. The van der Waals surface area contributed by atoms with Gasteiger partial charge in [0.05, 0.1) is 23.6 Å². The number of hydrogen-bond acceptors (Lipinski definition) is 4. The van der Waals surface area contributed by atoms with Crippen molar-refractivity contribution in [1.82, 2.24) is 14.1 Å². The lowest BCUT2D eigenvalue weighted by Gasteiger charge is -2.11. The normalized spacial score (nSPS) is 10.9. The van der Waals surface area contributed by atoms with Gasteiger partial charge in [0.1, 0.15) is 5.69 Å². The second-order valence-electron chi connectivity index (χ2n) is 5.25. The van der Waals surface area contributed by atoms with Crippen molar-refractivity contribution >= 4 is 28.5 Å². The summed E-state index contributed by atoms with van der Waals surface area (Å²) in [6.07, 6.45) is 1.22. The Bertz CT molecular complexity index is 1070. The first kappa shape index (κ1) is 15.9. The Morgan fingerprint density at radius 2 is 1.92 bits per heavy atom. The van der Waals surface area contributed by atoms with Crippen molar-refractivity contribution in [3.8, 4) is 0 Å². The smallest absolute Gasteiger partial charge is 0.354 e. The van der Waals surface area contributed by atoms with Crippen LogP contribution in [0.3, 0.4) is 0 Å². The van der Waals surface area contributed by atoms with Crippen LogP contribution in [0.25, 0.3) is 10.9 Å². The predicted octanol–water partition coefficient (Wildman–Crippen LogP) is 1.50. The number of carboxylic acids is 1. The summed E-state index contributed by atoms with van der Waals surface area (Å²) in [5.74, 6) is -1.24. The highest BCUT2D eigenvalue weighted by Crippen LogP contribution is 2.11. The van der Waals surface area contributed by atoms with E-state index in [4.69, 9.17) is 16.7 Å². The fourth-order valence-corrected chi connectivity index (χ4v) is 2.56. The van der Waals surface area contributed by atoms with Crippen LogP contribution >= 0.6 is 11.6 Å². The monoisotopic (exact) mass is 345 g/mol. The number of benzene rings is 1. The van der Waals surface area contributed by atoms with Crippen LogP contribution in [-0.4, -0.2) is 25.2 Å². The molecule has 0 unspecified atom stereocenters. The first-order valence-corrected chi connectivity index (χ1v) is 7.33. The summed E-state index contributed by atoms with van der Waals surface area (Å²) >= 11 is 5.83. The topological polar surface area (TPSA) is 94.2 Å². The maximum atomic E-state index is 12.7. The van der Waals surface area contributed by atoms with E-state index < -0.39 is 17.2 Å². The summed E-state index contributed by atoms with van der Waals surface area (Å²) in [4.78, 5) is 39.9. The van der Waals surface area contributed by atoms with Gasteiger partial charge in [-0.3, -0.25) is 13.9 Å². The maximum absolute atomic E-state index is 12.7. The number of nitrogens with zero attached hydrogens (tertiary/aromatic N) is 3. The number of pyridine rings is 1. The molecule has 0 saturated heterocycles. The van der Waals surface area contributed by atoms with Gasteiger partial charge in [-0.15, -0.1) is 0 Å². The summed E-state index contributed by atoms with van der Waals surface area (Å²) < 4.78 is 2.32. The number of hydrogen-bond donors (Lipinski definition) is 1. The molecule has 1 N–H and O–H groups in total. The molecule has 0 aliphatic heterocycles. The summed E-state index contributed by atoms with van der Waals surface area (Å²) in [6, 6.07) is 7.94. The number of rotatable bonds is 3. The Kier molecular flexibility index (Phi) is 3.94. The molecule has 0 aliphatic carbocycles. The Hall–Kier alpha value is -2.93. The van der Waals surface area contributed by atoms with E-state index >= 15 is 0 Å². The van der Waals surface area contributed by atoms with Crippen LogP contribution in [0.4, 0.5) is 0 Å². The number of aromatic carboxylic acids is 1. The van der Waals surface area contributed by atoms with Gasteiger partial charge in [-0.2, -0.15) is 0 Å². The predicted molar refractivity (Wildman–Crippen MR) is 88.8 cm³/mol. The number of aryl methyl sites for hydroxylation is 1. The van der Waals surface area contributed by atoms with E-state index in [-0.39, 0.29) is 23.1 Å². The van der Waals surface area contributed by atoms with Gasteiger partial charge in [-0.05, 0) is 23.8 Å². The number of fused-ring (bicyclic) bond motifs is 1. The third-order valence-corrected chi connectivity index (χ3v) is 3.96. The fraction of sp³-hybridized carbons (Fsp3) is 0.125. The molecule has 0 atom stereocenters. The zero-order valence-electron chi connectivity index (χ0n) is 12.6. The van der Waals surface area contributed by atoms with Crippen LogP contribution in [0.2, 0.25) is 5.02 Å². The molecule has 0 radical (unpaired) electrons. The zero-order chi connectivity index (χ0) is 17.4. The number of carbonyl (C=O) groups is 1. The summed E-state index contributed by atoms with van der Waals surface area (Å²) in [5, 5.41) is 9.71. The molecular weight excluding hydrogens is 334 g/mol. The lowest BCUT2D eigenvalue weighted by molar-refractivity contribution is 0.0690. The molecule has 0 bridgehead atoms. The Morgan fingerprint density at radius 1 is 1.25 bits per heavy atom. The van der Waals surface area contributed by atoms with Crippen molar-refractivity contribution in [3.63, 3.8) is 0 Å². The molecular formula is C16H12ClN3O4. The first-order valence-electron chi connectivity index (χ1n) is 6.96. The van der Waals surface area contributed by atoms with Gasteiger partial charge in [0.2, 0.25) is 0 Å². The molecule has 0 spiro atoms. The molecule has 24 heavy (non-hydrogen) atoms. The van der Waals surface area contributed by atoms with Crippen molar-refractivity contribution in [2.75, 3.05) is 0 Å². The van der Waals surface area contributed by atoms with Crippen LogP contribution in [0, 0.1) is 0 Å². The molecule has 7 nitrogen and oxygen atoms in total. The largest absolute Gasteiger partial charge is 0.477 e. The molecule has 3 aromatic rings. The molecule has 0 fully saturated rings. The fourth-order valence-electron chi connectivity index (χ4n) is 2.43. The van der Waals surface area contributed by atoms with Crippen molar-refractivity contribution < 1.29 is 9.90 Å². The Labute approximate surface area is 140 Å². The average Bonchev–Trinajstić information content (AvgIpc) is 2.58. The molecule has 8 heteroatoms. The maximum Gasteiger partial charge on any atom is 0.354 e. The molecule has 2 heterocycles. The lowest BCUT2D eigenvalue weighted by Crippen LogP contribution is -2.39. The minimum Gasteiger partial charge on any atom is -0.477 e. The first-order chi connectivity index (χ1) is 11.4. The summed E-state index contributed by atoms with van der Waals surface area (Å²) in [5.41, 5.74) is -0.315. The van der Waals surface area contributed by atoms with Crippen molar-refractivity contribution in [2.24, 2.45) is 7.05 Å². The second-order valence-corrected chi connectivity index (χ2v) is 5.69. The van der Waals surface area contributed by atoms with Gasteiger partial charge in [-0.25, -0.2) is 14.6 Å². The van der Waals surface area contributed by atoms with Crippen molar-refractivity contribution in [3.05, 3.63) is 73.6 Å². The highest BCUT2D eigenvalue weighted by molar-refractivity contribution is 6.30. The highest BCUT2D eigenvalue weighted by atomic mass is 35.5. The van der Waals surface area contributed by atoms with Crippen LogP contribution < -0.4 is 11.2 Å². The number of carboxylic acid groups (broad SMARTS) is 1. The highest BCUT2D eigenvalue weighted by Gasteiger charge is 2.14. The van der Waals surface area contributed by atoms with Gasteiger partial charge in [-0.1, -0.05) is 23.7 Å². The number of aromatic nitrogens is 3. The van der Waals surface area contributed by atoms with Crippen molar-refractivity contribution in [2.45, 2.75) is 6.54 Å². The lowest BCUT2D eigenvalue weighted by atomic mass is 10.2. The van der Waals surface area contributed by atoms with E-state index in [9.17, 15) is 14.4 Å². The van der Waals surface area contributed by atoms with E-state index in [0.29, 0.717) is 5.02 Å². The van der Waals surface area contributed by atoms with Gasteiger partial charge in [0, 0.05) is 12.1 Å². The molecule has 0 saturated carbocycles. The van der Waals surface area contributed by atoms with E-state index in [1.165, 1.54) is 23.9 Å². The zero-order valence-corrected chi connectivity index (χ0v) is 13.3. The molecule has 1 aromatic carbocycles. The van der Waals surface area contributed by atoms with Gasteiger partial charge >= 0.3 is 11.7 Å².